The number of carboxylic acids is 1. The number of carbonyl (C=O) groups excluding carboxylic acids is 1. The molecular formula is C19H17N5O3. The molecule has 0 saturated heterocycles. The second-order valence-corrected chi connectivity index (χ2v) is 6.25. The van der Waals surface area contributed by atoms with Crippen LogP contribution in [0.25, 0.3) is 11.0 Å². The SMILES string of the molecule is O=C(O)CCC(=O)N1N=C(c2ccc[nH]2)CC1c1cccc2nccnc12. The van der Waals surface area contributed by atoms with E-state index in [1.54, 1.807) is 18.6 Å². The lowest BCUT2D eigenvalue weighted by Gasteiger charge is -2.22. The summed E-state index contributed by atoms with van der Waals surface area (Å²) in [6, 6.07) is 9.05. The normalized spacial score (nSPS) is 16.5. The second-order valence-electron chi connectivity index (χ2n) is 6.25. The average Bonchev–Trinajstić information content (AvgIpc) is 3.35. The van der Waals surface area contributed by atoms with Gasteiger partial charge in [-0.3, -0.25) is 19.6 Å². The van der Waals surface area contributed by atoms with Crippen LogP contribution in [0.4, 0.5) is 0 Å². The molecule has 1 unspecified atom stereocenters. The number of fused-ring (bicyclic) bond motifs is 1. The van der Waals surface area contributed by atoms with Crippen LogP contribution in [0.15, 0.2) is 54.0 Å². The van der Waals surface area contributed by atoms with E-state index in [1.165, 1.54) is 5.01 Å². The maximum atomic E-state index is 12.7. The Balaban J connectivity index is 1.73. The lowest BCUT2D eigenvalue weighted by Crippen LogP contribution is -2.27. The predicted molar refractivity (Wildman–Crippen MR) is 97.9 cm³/mol. The molecule has 0 spiro atoms. The first-order chi connectivity index (χ1) is 13.1. The summed E-state index contributed by atoms with van der Waals surface area (Å²) in [6.45, 7) is 0. The highest BCUT2D eigenvalue weighted by Crippen LogP contribution is 2.35. The fourth-order valence-corrected chi connectivity index (χ4v) is 3.27. The Morgan fingerprint density at radius 1 is 1.15 bits per heavy atom. The molecule has 8 heteroatoms. The van der Waals surface area contributed by atoms with Crippen LogP contribution in [0.3, 0.4) is 0 Å². The Labute approximate surface area is 154 Å². The van der Waals surface area contributed by atoms with Crippen molar-refractivity contribution in [1.29, 1.82) is 0 Å². The van der Waals surface area contributed by atoms with E-state index < -0.39 is 5.97 Å². The van der Waals surface area contributed by atoms with Gasteiger partial charge < -0.3 is 10.1 Å². The zero-order valence-corrected chi connectivity index (χ0v) is 14.4. The summed E-state index contributed by atoms with van der Waals surface area (Å²) in [7, 11) is 0. The molecule has 8 nitrogen and oxygen atoms in total. The number of aromatic amines is 1. The van der Waals surface area contributed by atoms with Crippen molar-refractivity contribution in [2.75, 3.05) is 0 Å². The van der Waals surface area contributed by atoms with Gasteiger partial charge in [0.25, 0.3) is 0 Å². The van der Waals surface area contributed by atoms with E-state index in [0.29, 0.717) is 11.9 Å². The molecule has 3 aromatic rings. The number of hydrogen-bond donors (Lipinski definition) is 2. The van der Waals surface area contributed by atoms with Gasteiger partial charge in [-0.25, -0.2) is 5.01 Å². The lowest BCUT2D eigenvalue weighted by atomic mass is 9.99. The van der Waals surface area contributed by atoms with Gasteiger partial charge in [0.15, 0.2) is 0 Å². The molecular weight excluding hydrogens is 346 g/mol. The maximum absolute atomic E-state index is 12.7. The molecule has 0 bridgehead atoms. The van der Waals surface area contributed by atoms with Crippen molar-refractivity contribution in [2.24, 2.45) is 5.10 Å². The molecule has 1 amide bonds. The number of hydrogen-bond acceptors (Lipinski definition) is 5. The van der Waals surface area contributed by atoms with Gasteiger partial charge in [-0.1, -0.05) is 12.1 Å². The number of benzene rings is 1. The van der Waals surface area contributed by atoms with Gasteiger partial charge in [0.1, 0.15) is 0 Å². The van der Waals surface area contributed by atoms with Crippen LogP contribution >= 0.6 is 0 Å². The molecule has 27 heavy (non-hydrogen) atoms. The fraction of sp³-hybridized carbons (Fsp3) is 0.211. The third-order valence-electron chi connectivity index (χ3n) is 4.52. The van der Waals surface area contributed by atoms with Crippen LogP contribution in [0.5, 0.6) is 0 Å². The Morgan fingerprint density at radius 2 is 2.00 bits per heavy atom. The number of hydrazone groups is 1. The smallest absolute Gasteiger partial charge is 0.303 e. The molecule has 0 saturated carbocycles. The van der Waals surface area contributed by atoms with Crippen molar-refractivity contribution in [3.63, 3.8) is 0 Å². The number of carboxylic acid groups (broad SMARTS) is 1. The topological polar surface area (TPSA) is 112 Å². The molecule has 2 aromatic heterocycles. The van der Waals surface area contributed by atoms with Crippen molar-refractivity contribution in [1.82, 2.24) is 20.0 Å². The van der Waals surface area contributed by atoms with E-state index in [2.05, 4.69) is 20.1 Å². The summed E-state index contributed by atoms with van der Waals surface area (Å²) in [5.41, 5.74) is 3.87. The van der Waals surface area contributed by atoms with Crippen molar-refractivity contribution in [3.05, 3.63) is 60.2 Å². The van der Waals surface area contributed by atoms with E-state index in [0.717, 1.165) is 22.5 Å². The second kappa shape index (κ2) is 6.99. The van der Waals surface area contributed by atoms with E-state index in [9.17, 15) is 9.59 Å². The Hall–Kier alpha value is -3.55. The Bertz CT molecular complexity index is 1020. The van der Waals surface area contributed by atoms with Crippen molar-refractivity contribution in [3.8, 4) is 0 Å². The molecule has 3 heterocycles. The summed E-state index contributed by atoms with van der Waals surface area (Å²) >= 11 is 0. The van der Waals surface area contributed by atoms with Gasteiger partial charge in [0.2, 0.25) is 5.91 Å². The minimum atomic E-state index is -1.01. The van der Waals surface area contributed by atoms with Crippen LogP contribution in [-0.2, 0) is 9.59 Å². The van der Waals surface area contributed by atoms with Crippen LogP contribution < -0.4 is 0 Å². The number of nitrogens with zero attached hydrogens (tertiary/aromatic N) is 4. The number of nitrogens with one attached hydrogen (secondary N) is 1. The molecule has 136 valence electrons. The van der Waals surface area contributed by atoms with Crippen LogP contribution in [0.1, 0.15) is 36.6 Å². The standard InChI is InChI=1S/C19H17N5O3/c25-17(6-7-18(26)27)24-16(11-15(23-24)13-5-2-8-20-13)12-3-1-4-14-19(12)22-10-9-21-14/h1-5,8-10,16,20H,6-7,11H2,(H,26,27). The molecule has 1 atom stereocenters. The molecule has 1 aliphatic rings. The van der Waals surface area contributed by atoms with Crippen LogP contribution in [-0.4, -0.2) is 42.7 Å². The number of rotatable bonds is 5. The summed E-state index contributed by atoms with van der Waals surface area (Å²) in [5.74, 6) is -1.34. The van der Waals surface area contributed by atoms with E-state index in [4.69, 9.17) is 5.11 Å². The zero-order chi connectivity index (χ0) is 18.8. The van der Waals surface area contributed by atoms with Crippen LogP contribution in [0.2, 0.25) is 0 Å². The fourth-order valence-electron chi connectivity index (χ4n) is 3.27. The highest BCUT2D eigenvalue weighted by molar-refractivity contribution is 6.02. The number of para-hydroxylation sites is 1. The third-order valence-corrected chi connectivity index (χ3v) is 4.52. The number of H-pyrrole nitrogens is 1. The molecule has 0 aliphatic carbocycles. The Kier molecular flexibility index (Phi) is 4.37. The van der Waals surface area contributed by atoms with Crippen LogP contribution in [0, 0.1) is 0 Å². The third kappa shape index (κ3) is 3.29. The van der Waals surface area contributed by atoms with E-state index in [1.807, 2.05) is 30.3 Å². The summed E-state index contributed by atoms with van der Waals surface area (Å²) in [6.07, 6.45) is 5.20. The van der Waals surface area contributed by atoms with E-state index in [-0.39, 0.29) is 24.8 Å². The molecule has 1 aliphatic heterocycles. The monoisotopic (exact) mass is 363 g/mol. The summed E-state index contributed by atoms with van der Waals surface area (Å²) in [5, 5.41) is 14.8. The van der Waals surface area contributed by atoms with Gasteiger partial charge >= 0.3 is 5.97 Å². The van der Waals surface area contributed by atoms with Gasteiger partial charge in [-0.2, -0.15) is 5.10 Å². The zero-order valence-electron chi connectivity index (χ0n) is 14.4. The summed E-state index contributed by atoms with van der Waals surface area (Å²) < 4.78 is 0. The molecule has 4 rings (SSSR count). The summed E-state index contributed by atoms with van der Waals surface area (Å²) in [4.78, 5) is 35.4. The van der Waals surface area contributed by atoms with Gasteiger partial charge in [0.05, 0.1) is 34.9 Å². The number of amides is 1. The quantitative estimate of drug-likeness (QED) is 0.723. The number of aromatic nitrogens is 3. The van der Waals surface area contributed by atoms with Crippen molar-refractivity contribution in [2.45, 2.75) is 25.3 Å². The van der Waals surface area contributed by atoms with Crippen molar-refractivity contribution >= 4 is 28.6 Å². The van der Waals surface area contributed by atoms with Gasteiger partial charge in [0, 0.05) is 37.0 Å². The highest BCUT2D eigenvalue weighted by Gasteiger charge is 2.34. The molecule has 0 fully saturated rings. The van der Waals surface area contributed by atoms with Crippen molar-refractivity contribution < 1.29 is 14.7 Å². The van der Waals surface area contributed by atoms with E-state index >= 15 is 0 Å². The molecule has 0 radical (unpaired) electrons. The number of carbonyl (C=O) groups is 2. The Morgan fingerprint density at radius 3 is 2.78 bits per heavy atom. The highest BCUT2D eigenvalue weighted by atomic mass is 16.4. The minimum absolute atomic E-state index is 0.107. The maximum Gasteiger partial charge on any atom is 0.303 e. The average molecular weight is 363 g/mol. The molecule has 1 aromatic carbocycles. The first-order valence-electron chi connectivity index (χ1n) is 8.58. The predicted octanol–water partition coefficient (Wildman–Crippen LogP) is 2.50. The first-order valence-corrected chi connectivity index (χ1v) is 8.58. The number of aliphatic carboxylic acids is 1. The lowest BCUT2D eigenvalue weighted by molar-refractivity contribution is -0.141. The first kappa shape index (κ1) is 16.9. The van der Waals surface area contributed by atoms with Gasteiger partial charge in [-0.15, -0.1) is 0 Å². The largest absolute Gasteiger partial charge is 0.481 e. The van der Waals surface area contributed by atoms with Gasteiger partial charge in [-0.05, 0) is 18.2 Å². The minimum Gasteiger partial charge on any atom is -0.481 e. The molecule has 2 N–H and O–H groups in total.